The van der Waals surface area contributed by atoms with Gasteiger partial charge in [0.25, 0.3) is 0 Å². The van der Waals surface area contributed by atoms with Crippen LogP contribution < -0.4 is 0 Å². The molecule has 0 atom stereocenters. The number of benzene rings is 1. The molecule has 3 rings (SSSR count). The summed E-state index contributed by atoms with van der Waals surface area (Å²) in [6, 6.07) is 10.7. The molecule has 2 heterocycles. The topological polar surface area (TPSA) is 34.0 Å². The maximum absolute atomic E-state index is 13.7. The first-order valence-electron chi connectivity index (χ1n) is 9.00. The van der Waals surface area contributed by atoms with E-state index in [1.807, 2.05) is 32.4 Å². The number of halogens is 1. The van der Waals surface area contributed by atoms with Crippen molar-refractivity contribution >= 4 is 11.8 Å². The fourth-order valence-electron chi connectivity index (χ4n) is 2.87. The molecule has 0 fully saturated rings. The first kappa shape index (κ1) is 19.6. The second-order valence-electron chi connectivity index (χ2n) is 7.12. The van der Waals surface area contributed by atoms with Crippen LogP contribution in [0.5, 0.6) is 0 Å². The van der Waals surface area contributed by atoms with E-state index >= 15 is 0 Å². The standard InChI is InChI=1S/C21H25FN4S/c1-15(2)20-21(27-18-9-5-8-17(22)11-18)26(19(24-20)14-25(3)4)13-16-7-6-10-23-12-16/h5-12,15H,13-14H2,1-4H3. The predicted molar refractivity (Wildman–Crippen MR) is 108 cm³/mol. The van der Waals surface area contributed by atoms with Gasteiger partial charge in [0.15, 0.2) is 0 Å². The minimum absolute atomic E-state index is 0.224. The Morgan fingerprint density at radius 1 is 1.19 bits per heavy atom. The summed E-state index contributed by atoms with van der Waals surface area (Å²) in [4.78, 5) is 12.2. The summed E-state index contributed by atoms with van der Waals surface area (Å²) in [5, 5.41) is 1.07. The van der Waals surface area contributed by atoms with Crippen molar-refractivity contribution in [1.82, 2.24) is 19.4 Å². The van der Waals surface area contributed by atoms with E-state index in [1.165, 1.54) is 6.07 Å². The molecule has 0 saturated carbocycles. The van der Waals surface area contributed by atoms with Crippen LogP contribution in [-0.4, -0.2) is 33.5 Å². The molecular formula is C21H25FN4S. The van der Waals surface area contributed by atoms with Gasteiger partial charge < -0.3 is 9.47 Å². The lowest BCUT2D eigenvalue weighted by Gasteiger charge is -2.15. The van der Waals surface area contributed by atoms with Crippen LogP contribution in [0.4, 0.5) is 4.39 Å². The third kappa shape index (κ3) is 4.96. The SMILES string of the molecule is CC(C)c1nc(CN(C)C)n(Cc2cccnc2)c1Sc1cccc(F)c1. The molecule has 0 radical (unpaired) electrons. The highest BCUT2D eigenvalue weighted by atomic mass is 32.2. The fraction of sp³-hybridized carbons (Fsp3) is 0.333. The Hall–Kier alpha value is -2.18. The normalized spacial score (nSPS) is 11.5. The van der Waals surface area contributed by atoms with Gasteiger partial charge in [-0.15, -0.1) is 0 Å². The molecule has 1 aromatic carbocycles. The summed E-state index contributed by atoms with van der Waals surface area (Å²) in [7, 11) is 4.08. The first-order chi connectivity index (χ1) is 12.9. The Kier molecular flexibility index (Phi) is 6.29. The lowest BCUT2D eigenvalue weighted by molar-refractivity contribution is 0.380. The van der Waals surface area contributed by atoms with Gasteiger partial charge in [0, 0.05) is 17.3 Å². The zero-order valence-electron chi connectivity index (χ0n) is 16.2. The molecule has 0 amide bonds. The molecule has 0 aliphatic rings. The molecule has 0 aliphatic carbocycles. The van der Waals surface area contributed by atoms with Crippen LogP contribution in [-0.2, 0) is 13.1 Å². The van der Waals surface area contributed by atoms with Gasteiger partial charge >= 0.3 is 0 Å². The summed E-state index contributed by atoms with van der Waals surface area (Å²) in [6.07, 6.45) is 3.66. The zero-order valence-corrected chi connectivity index (χ0v) is 17.0. The lowest BCUT2D eigenvalue weighted by atomic mass is 10.1. The van der Waals surface area contributed by atoms with Gasteiger partial charge in [-0.25, -0.2) is 9.37 Å². The van der Waals surface area contributed by atoms with Crippen LogP contribution in [0.15, 0.2) is 58.7 Å². The minimum atomic E-state index is -0.224. The highest BCUT2D eigenvalue weighted by Gasteiger charge is 2.21. The lowest BCUT2D eigenvalue weighted by Crippen LogP contribution is -2.16. The number of rotatable bonds is 7. The van der Waals surface area contributed by atoms with Crippen molar-refractivity contribution in [2.75, 3.05) is 14.1 Å². The van der Waals surface area contributed by atoms with E-state index in [-0.39, 0.29) is 11.7 Å². The van der Waals surface area contributed by atoms with E-state index in [9.17, 15) is 4.39 Å². The van der Waals surface area contributed by atoms with Crippen molar-refractivity contribution in [3.63, 3.8) is 0 Å². The van der Waals surface area contributed by atoms with E-state index in [0.29, 0.717) is 6.54 Å². The highest BCUT2D eigenvalue weighted by molar-refractivity contribution is 7.99. The molecule has 0 bridgehead atoms. The van der Waals surface area contributed by atoms with E-state index in [1.54, 1.807) is 30.1 Å². The van der Waals surface area contributed by atoms with E-state index < -0.39 is 0 Å². The van der Waals surface area contributed by atoms with Crippen LogP contribution in [0.1, 0.15) is 36.8 Å². The van der Waals surface area contributed by atoms with Crippen molar-refractivity contribution in [1.29, 1.82) is 0 Å². The number of pyridine rings is 1. The minimum Gasteiger partial charge on any atom is -0.317 e. The molecule has 6 heteroatoms. The summed E-state index contributed by atoms with van der Waals surface area (Å²) in [5.41, 5.74) is 2.16. The number of aromatic nitrogens is 3. The number of nitrogens with zero attached hydrogens (tertiary/aromatic N) is 4. The van der Waals surface area contributed by atoms with Gasteiger partial charge in [0.1, 0.15) is 16.7 Å². The fourth-order valence-corrected chi connectivity index (χ4v) is 4.08. The summed E-state index contributed by atoms with van der Waals surface area (Å²) < 4.78 is 15.9. The maximum atomic E-state index is 13.7. The molecule has 3 aromatic rings. The molecule has 0 saturated heterocycles. The Labute approximate surface area is 164 Å². The van der Waals surface area contributed by atoms with Gasteiger partial charge in [-0.2, -0.15) is 0 Å². The molecule has 0 aliphatic heterocycles. The highest BCUT2D eigenvalue weighted by Crippen LogP contribution is 2.35. The van der Waals surface area contributed by atoms with Crippen molar-refractivity contribution in [3.05, 3.63) is 71.7 Å². The van der Waals surface area contributed by atoms with Gasteiger partial charge in [-0.3, -0.25) is 4.98 Å². The van der Waals surface area contributed by atoms with Crippen LogP contribution in [0.3, 0.4) is 0 Å². The van der Waals surface area contributed by atoms with Gasteiger partial charge in [0.05, 0.1) is 18.8 Å². The summed E-state index contributed by atoms with van der Waals surface area (Å²) in [6.45, 7) is 5.72. The monoisotopic (exact) mass is 384 g/mol. The Balaban J connectivity index is 2.07. The molecule has 2 aromatic heterocycles. The smallest absolute Gasteiger partial charge is 0.124 e. The first-order valence-corrected chi connectivity index (χ1v) is 9.82. The summed E-state index contributed by atoms with van der Waals surface area (Å²) in [5.74, 6) is 1.06. The van der Waals surface area contributed by atoms with Gasteiger partial charge in [-0.1, -0.05) is 37.7 Å². The zero-order chi connectivity index (χ0) is 19.4. The van der Waals surface area contributed by atoms with Crippen molar-refractivity contribution in [3.8, 4) is 0 Å². The molecule has 27 heavy (non-hydrogen) atoms. The molecule has 142 valence electrons. The van der Waals surface area contributed by atoms with Crippen molar-refractivity contribution in [2.45, 2.75) is 42.8 Å². The molecule has 0 spiro atoms. The van der Waals surface area contributed by atoms with E-state index in [2.05, 4.69) is 34.4 Å². The largest absolute Gasteiger partial charge is 0.317 e. The van der Waals surface area contributed by atoms with Gasteiger partial charge in [0.2, 0.25) is 0 Å². The Bertz CT molecular complexity index is 890. The van der Waals surface area contributed by atoms with Crippen molar-refractivity contribution in [2.24, 2.45) is 0 Å². The van der Waals surface area contributed by atoms with Gasteiger partial charge in [-0.05, 0) is 49.8 Å². The third-order valence-corrected chi connectivity index (χ3v) is 5.22. The molecule has 4 nitrogen and oxygen atoms in total. The second-order valence-corrected chi connectivity index (χ2v) is 8.18. The van der Waals surface area contributed by atoms with Crippen LogP contribution in [0.2, 0.25) is 0 Å². The predicted octanol–water partition coefficient (Wildman–Crippen LogP) is 4.80. The average molecular weight is 385 g/mol. The van der Waals surface area contributed by atoms with Crippen LogP contribution >= 0.6 is 11.8 Å². The van der Waals surface area contributed by atoms with Crippen LogP contribution in [0.25, 0.3) is 0 Å². The Morgan fingerprint density at radius 2 is 2.00 bits per heavy atom. The number of imidazole rings is 1. The molecule has 0 unspecified atom stereocenters. The molecular weight excluding hydrogens is 359 g/mol. The summed E-state index contributed by atoms with van der Waals surface area (Å²) >= 11 is 1.57. The van der Waals surface area contributed by atoms with E-state index in [0.717, 1.165) is 33.5 Å². The number of hydrogen-bond acceptors (Lipinski definition) is 4. The molecule has 0 N–H and O–H groups in total. The maximum Gasteiger partial charge on any atom is 0.124 e. The van der Waals surface area contributed by atoms with Crippen molar-refractivity contribution < 1.29 is 4.39 Å². The number of hydrogen-bond donors (Lipinski definition) is 0. The van der Waals surface area contributed by atoms with Crippen LogP contribution in [0, 0.1) is 5.82 Å². The Morgan fingerprint density at radius 3 is 2.63 bits per heavy atom. The van der Waals surface area contributed by atoms with E-state index in [4.69, 9.17) is 4.98 Å². The average Bonchev–Trinajstić information content (AvgIpc) is 2.93. The second kappa shape index (κ2) is 8.67. The third-order valence-electron chi connectivity index (χ3n) is 4.10. The quantitative estimate of drug-likeness (QED) is 0.586.